The number of hydrogen-bond donors (Lipinski definition) is 4. The van der Waals surface area contributed by atoms with Crippen molar-refractivity contribution in [3.8, 4) is 17.0 Å². The first-order valence-electron chi connectivity index (χ1n) is 11.3. The smallest absolute Gasteiger partial charge is 0.255 e. The number of hydrazine groups is 2. The number of anilines is 3. The number of halogens is 1. The van der Waals surface area contributed by atoms with Gasteiger partial charge in [-0.15, -0.1) is 5.53 Å². The molecule has 36 heavy (non-hydrogen) atoms. The molecule has 4 N–H and O–H groups in total. The molecule has 0 atom stereocenters. The normalized spacial score (nSPS) is 11.8. The largest absolute Gasteiger partial charge is 0.496 e. The number of nitrogens with one attached hydrogen (secondary N) is 4. The van der Waals surface area contributed by atoms with Crippen LogP contribution in [0.5, 0.6) is 5.75 Å². The number of pyridine rings is 1. The fourth-order valence-electron chi connectivity index (χ4n) is 3.83. The molecule has 1 aromatic heterocycles. The van der Waals surface area contributed by atoms with Gasteiger partial charge < -0.3 is 20.2 Å². The zero-order chi connectivity index (χ0) is 24.9. The summed E-state index contributed by atoms with van der Waals surface area (Å²) in [5, 5.41) is 2.75. The molecule has 0 unspecified atom stereocenters. The van der Waals surface area contributed by atoms with Gasteiger partial charge in [0.2, 0.25) is 0 Å². The van der Waals surface area contributed by atoms with Crippen molar-refractivity contribution in [3.05, 3.63) is 101 Å². The Morgan fingerprint density at radius 1 is 0.972 bits per heavy atom. The van der Waals surface area contributed by atoms with Crippen LogP contribution in [0.25, 0.3) is 11.3 Å². The van der Waals surface area contributed by atoms with Crippen molar-refractivity contribution in [2.75, 3.05) is 23.3 Å². The minimum Gasteiger partial charge on any atom is -0.496 e. The molecule has 8 nitrogen and oxygen atoms in total. The minimum atomic E-state index is -0.460. The molecule has 0 bridgehead atoms. The monoisotopic (exact) mass is 489 g/mol. The predicted molar refractivity (Wildman–Crippen MR) is 140 cm³/mol. The fourth-order valence-corrected chi connectivity index (χ4v) is 3.83. The number of methoxy groups -OCH3 is 1. The van der Waals surface area contributed by atoms with E-state index in [9.17, 15) is 9.18 Å². The minimum absolute atomic E-state index is 0. The zero-order valence-electron chi connectivity index (χ0n) is 19.5. The Kier molecular flexibility index (Phi) is 6.74. The molecular weight excluding hydrogens is 461 g/mol. The third-order valence-corrected chi connectivity index (χ3v) is 5.71. The van der Waals surface area contributed by atoms with Gasteiger partial charge in [0.25, 0.3) is 5.91 Å². The van der Waals surface area contributed by atoms with E-state index in [0.29, 0.717) is 34.9 Å². The van der Waals surface area contributed by atoms with Crippen LogP contribution in [-0.4, -0.2) is 18.0 Å². The first-order valence-corrected chi connectivity index (χ1v) is 11.3. The summed E-state index contributed by atoms with van der Waals surface area (Å²) < 4.78 is 25.7. The first kappa shape index (κ1) is 23.3. The van der Waals surface area contributed by atoms with Crippen molar-refractivity contribution in [2.45, 2.75) is 13.2 Å². The van der Waals surface area contributed by atoms with Gasteiger partial charge in [0, 0.05) is 30.8 Å². The summed E-state index contributed by atoms with van der Waals surface area (Å²) >= 11 is 0. The SMILES string of the molecule is COc1ccccc1COCc1ccc(NC(=O)c2cccc(-c3ccc4c(n3)NNN4)c2)cc1F.[HH].[HH]. The first-order chi connectivity index (χ1) is 17.6. The second-order valence-corrected chi connectivity index (χ2v) is 8.11. The van der Waals surface area contributed by atoms with E-state index in [1.807, 2.05) is 42.5 Å². The molecule has 0 spiro atoms. The molecule has 0 saturated heterocycles. The molecule has 0 aliphatic carbocycles. The molecule has 1 amide bonds. The van der Waals surface area contributed by atoms with E-state index in [1.54, 1.807) is 37.4 Å². The van der Waals surface area contributed by atoms with Crippen molar-refractivity contribution < 1.29 is 21.5 Å². The highest BCUT2D eigenvalue weighted by Crippen LogP contribution is 2.27. The summed E-state index contributed by atoms with van der Waals surface area (Å²) in [5.41, 5.74) is 13.0. The summed E-state index contributed by atoms with van der Waals surface area (Å²) in [7, 11) is 1.60. The van der Waals surface area contributed by atoms with Gasteiger partial charge >= 0.3 is 0 Å². The van der Waals surface area contributed by atoms with E-state index in [2.05, 4.69) is 26.7 Å². The van der Waals surface area contributed by atoms with Gasteiger partial charge in [-0.05, 0) is 42.5 Å². The summed E-state index contributed by atoms with van der Waals surface area (Å²) in [6.07, 6.45) is 0. The lowest BCUT2D eigenvalue weighted by Gasteiger charge is -2.11. The second kappa shape index (κ2) is 10.4. The molecule has 9 heteroatoms. The number of fused-ring (bicyclic) bond motifs is 1. The standard InChI is InChI=1S/C27H24FN5O3.2H2/c1-35-25-8-3-2-5-20(25)16-36-15-19-9-10-21(14-22(19)28)29-27(34)18-7-4-6-17(13-18)23-11-12-24-26(30-23)32-33-31-24;;/h2-14,31,33H,15-16H2,1H3,(H,29,34)(H,30,32);2*1H. The average Bonchev–Trinajstić information content (AvgIpc) is 3.38. The Labute approximate surface area is 210 Å². The molecule has 5 rings (SSSR count). The quantitative estimate of drug-likeness (QED) is 0.255. The summed E-state index contributed by atoms with van der Waals surface area (Å²) in [6.45, 7) is 0.383. The van der Waals surface area contributed by atoms with E-state index >= 15 is 0 Å². The Hall–Kier alpha value is -4.47. The van der Waals surface area contributed by atoms with Crippen molar-refractivity contribution in [2.24, 2.45) is 0 Å². The topological polar surface area (TPSA) is 96.5 Å². The van der Waals surface area contributed by atoms with Gasteiger partial charge in [0.1, 0.15) is 11.6 Å². The number of aromatic nitrogens is 1. The zero-order valence-corrected chi connectivity index (χ0v) is 19.5. The number of para-hydroxylation sites is 1. The van der Waals surface area contributed by atoms with Crippen LogP contribution in [0.3, 0.4) is 0 Å². The third kappa shape index (κ3) is 5.12. The van der Waals surface area contributed by atoms with E-state index in [0.717, 1.165) is 22.6 Å². The maximum absolute atomic E-state index is 14.7. The Morgan fingerprint density at radius 3 is 2.69 bits per heavy atom. The van der Waals surface area contributed by atoms with Gasteiger partial charge in [-0.3, -0.25) is 10.2 Å². The van der Waals surface area contributed by atoms with Crippen molar-refractivity contribution in [1.29, 1.82) is 0 Å². The van der Waals surface area contributed by atoms with Crippen LogP contribution in [0.4, 0.5) is 21.6 Å². The number of benzene rings is 3. The summed E-state index contributed by atoms with van der Waals surface area (Å²) in [6, 6.07) is 22.9. The van der Waals surface area contributed by atoms with Crippen LogP contribution in [0, 0.1) is 5.82 Å². The summed E-state index contributed by atoms with van der Waals surface area (Å²) in [4.78, 5) is 17.4. The Bertz CT molecular complexity index is 1420. The predicted octanol–water partition coefficient (Wildman–Crippen LogP) is 5.61. The van der Waals surface area contributed by atoms with Crippen LogP contribution < -0.4 is 26.4 Å². The van der Waals surface area contributed by atoms with E-state index < -0.39 is 5.82 Å². The number of amides is 1. The van der Waals surface area contributed by atoms with Crippen LogP contribution >= 0.6 is 0 Å². The van der Waals surface area contributed by atoms with Gasteiger partial charge in [-0.2, -0.15) is 0 Å². The number of carbonyl (C=O) groups excluding carboxylic acids is 1. The van der Waals surface area contributed by atoms with E-state index in [1.165, 1.54) is 6.07 Å². The molecular formula is C27H28FN5O3. The molecule has 2 heterocycles. The molecule has 4 aromatic rings. The number of hydrogen-bond acceptors (Lipinski definition) is 7. The van der Waals surface area contributed by atoms with Crippen LogP contribution in [0.15, 0.2) is 78.9 Å². The highest BCUT2D eigenvalue weighted by molar-refractivity contribution is 6.05. The molecule has 1 aliphatic rings. The van der Waals surface area contributed by atoms with Gasteiger partial charge in [0.05, 0.1) is 31.7 Å². The molecule has 1 aliphatic heterocycles. The second-order valence-electron chi connectivity index (χ2n) is 8.11. The average molecular weight is 490 g/mol. The summed E-state index contributed by atoms with van der Waals surface area (Å²) in [5.74, 6) is 0.584. The third-order valence-electron chi connectivity index (χ3n) is 5.71. The molecule has 186 valence electrons. The van der Waals surface area contributed by atoms with E-state index in [4.69, 9.17) is 9.47 Å². The number of nitrogens with zero attached hydrogens (tertiary/aromatic N) is 1. The van der Waals surface area contributed by atoms with E-state index in [-0.39, 0.29) is 15.4 Å². The number of rotatable bonds is 8. The lowest BCUT2D eigenvalue weighted by molar-refractivity contribution is 0.102. The van der Waals surface area contributed by atoms with Crippen LogP contribution in [0.2, 0.25) is 0 Å². The Morgan fingerprint density at radius 2 is 1.83 bits per heavy atom. The highest BCUT2D eigenvalue weighted by Gasteiger charge is 2.14. The lowest BCUT2D eigenvalue weighted by Crippen LogP contribution is -2.19. The maximum Gasteiger partial charge on any atom is 0.255 e. The van der Waals surface area contributed by atoms with Crippen molar-refractivity contribution >= 4 is 23.1 Å². The van der Waals surface area contributed by atoms with Gasteiger partial charge in [-0.1, -0.05) is 36.4 Å². The molecule has 0 fully saturated rings. The molecule has 3 aromatic carbocycles. The maximum atomic E-state index is 14.7. The van der Waals surface area contributed by atoms with Crippen LogP contribution in [-0.2, 0) is 18.0 Å². The highest BCUT2D eigenvalue weighted by atomic mass is 19.1. The van der Waals surface area contributed by atoms with Gasteiger partial charge in [0.15, 0.2) is 5.82 Å². The fraction of sp³-hybridized carbons (Fsp3) is 0.111. The number of carbonyl (C=O) groups is 1. The number of ether oxygens (including phenoxy) is 2. The molecule has 0 radical (unpaired) electrons. The molecule has 0 saturated carbocycles. The van der Waals surface area contributed by atoms with Crippen molar-refractivity contribution in [3.63, 3.8) is 0 Å². The lowest BCUT2D eigenvalue weighted by atomic mass is 10.1. The Balaban J connectivity index is 0.00000200. The van der Waals surface area contributed by atoms with Crippen molar-refractivity contribution in [1.82, 2.24) is 10.5 Å². The van der Waals surface area contributed by atoms with Crippen LogP contribution in [0.1, 0.15) is 24.3 Å². The van der Waals surface area contributed by atoms with Gasteiger partial charge in [-0.25, -0.2) is 9.37 Å².